The molecule has 2 N–H and O–H groups in total. The van der Waals surface area contributed by atoms with Crippen molar-refractivity contribution in [3.05, 3.63) is 99.0 Å². The molecule has 1 heterocycles. The number of nitro benzene ring substituents is 1. The van der Waals surface area contributed by atoms with E-state index in [9.17, 15) is 15.2 Å². The molecule has 0 amide bonds. The van der Waals surface area contributed by atoms with Gasteiger partial charge in [-0.25, -0.2) is 15.4 Å². The van der Waals surface area contributed by atoms with Crippen molar-refractivity contribution in [3.8, 4) is 28.3 Å². The van der Waals surface area contributed by atoms with Gasteiger partial charge in [-0.15, -0.1) is 0 Å². The van der Waals surface area contributed by atoms with E-state index in [1.165, 1.54) is 24.4 Å². The number of nitrogens with zero attached hydrogens (tertiary/aromatic N) is 4. The van der Waals surface area contributed by atoms with E-state index in [-0.39, 0.29) is 22.9 Å². The van der Waals surface area contributed by atoms with E-state index < -0.39 is 4.92 Å². The number of anilines is 1. The normalized spacial score (nSPS) is 10.9. The lowest BCUT2D eigenvalue weighted by Gasteiger charge is -2.08. The van der Waals surface area contributed by atoms with Crippen LogP contribution in [0.3, 0.4) is 0 Å². The summed E-state index contributed by atoms with van der Waals surface area (Å²) in [6.45, 7) is 0. The SMILES string of the molecule is O=[N+]([O-])c1ccc(O)c(C=NNc2nc(-c3ccccc3)cc(-c3ccc(Br)cc3)n2)c1. The highest BCUT2D eigenvalue weighted by atomic mass is 79.9. The Morgan fingerprint density at radius 3 is 2.25 bits per heavy atom. The van der Waals surface area contributed by atoms with E-state index in [1.807, 2.05) is 60.7 Å². The lowest BCUT2D eigenvalue weighted by molar-refractivity contribution is -0.384. The summed E-state index contributed by atoms with van der Waals surface area (Å²) in [7, 11) is 0. The van der Waals surface area contributed by atoms with E-state index in [4.69, 9.17) is 0 Å². The number of benzene rings is 3. The molecule has 0 unspecified atom stereocenters. The summed E-state index contributed by atoms with van der Waals surface area (Å²) in [5.74, 6) is 0.112. The molecular weight excluding hydrogens is 474 g/mol. The fourth-order valence-corrected chi connectivity index (χ4v) is 3.21. The van der Waals surface area contributed by atoms with Crippen LogP contribution in [-0.4, -0.2) is 26.2 Å². The van der Waals surface area contributed by atoms with Crippen LogP contribution in [0.5, 0.6) is 5.75 Å². The summed E-state index contributed by atoms with van der Waals surface area (Å²) >= 11 is 3.43. The average molecular weight is 490 g/mol. The molecule has 32 heavy (non-hydrogen) atoms. The van der Waals surface area contributed by atoms with Gasteiger partial charge in [0, 0.05) is 33.3 Å². The molecular formula is C23H16BrN5O3. The third-order valence-electron chi connectivity index (χ3n) is 4.53. The van der Waals surface area contributed by atoms with Gasteiger partial charge in [0.05, 0.1) is 22.5 Å². The van der Waals surface area contributed by atoms with Gasteiger partial charge in [-0.05, 0) is 24.3 Å². The summed E-state index contributed by atoms with van der Waals surface area (Å²) in [4.78, 5) is 19.5. The van der Waals surface area contributed by atoms with Crippen molar-refractivity contribution in [3.63, 3.8) is 0 Å². The van der Waals surface area contributed by atoms with Crippen LogP contribution in [0.4, 0.5) is 11.6 Å². The first-order valence-electron chi connectivity index (χ1n) is 9.46. The minimum Gasteiger partial charge on any atom is -0.507 e. The van der Waals surface area contributed by atoms with Crippen LogP contribution in [0.25, 0.3) is 22.5 Å². The molecule has 9 heteroatoms. The van der Waals surface area contributed by atoms with E-state index in [0.29, 0.717) is 11.4 Å². The quantitative estimate of drug-likeness (QED) is 0.206. The molecule has 0 radical (unpaired) electrons. The fraction of sp³-hybridized carbons (Fsp3) is 0. The second-order valence-electron chi connectivity index (χ2n) is 6.71. The maximum Gasteiger partial charge on any atom is 0.270 e. The van der Waals surface area contributed by atoms with Gasteiger partial charge in [-0.1, -0.05) is 58.4 Å². The van der Waals surface area contributed by atoms with Gasteiger partial charge in [0.2, 0.25) is 5.95 Å². The topological polar surface area (TPSA) is 114 Å². The number of nitro groups is 1. The van der Waals surface area contributed by atoms with Gasteiger partial charge in [0.25, 0.3) is 5.69 Å². The maximum atomic E-state index is 11.0. The van der Waals surface area contributed by atoms with E-state index >= 15 is 0 Å². The highest BCUT2D eigenvalue weighted by Crippen LogP contribution is 2.26. The summed E-state index contributed by atoms with van der Waals surface area (Å²) in [5.41, 5.74) is 6.01. The number of nitrogens with one attached hydrogen (secondary N) is 1. The molecule has 0 fully saturated rings. The van der Waals surface area contributed by atoms with Crippen molar-refractivity contribution in [1.29, 1.82) is 0 Å². The Kier molecular flexibility index (Phi) is 6.18. The number of hydrogen-bond acceptors (Lipinski definition) is 7. The maximum absolute atomic E-state index is 11.0. The Bertz CT molecular complexity index is 1300. The van der Waals surface area contributed by atoms with Gasteiger partial charge in [0.1, 0.15) is 5.75 Å². The molecule has 3 aromatic carbocycles. The number of non-ortho nitro benzene ring substituents is 1. The Hall–Kier alpha value is -4.11. The highest BCUT2D eigenvalue weighted by Gasteiger charge is 2.10. The number of phenolic OH excluding ortho intramolecular Hbond substituents is 1. The van der Waals surface area contributed by atoms with E-state index in [2.05, 4.69) is 36.4 Å². The van der Waals surface area contributed by atoms with Crippen LogP contribution < -0.4 is 5.43 Å². The largest absolute Gasteiger partial charge is 0.507 e. The molecule has 8 nitrogen and oxygen atoms in total. The minimum atomic E-state index is -0.541. The summed E-state index contributed by atoms with van der Waals surface area (Å²) in [5, 5.41) is 25.0. The van der Waals surface area contributed by atoms with Crippen molar-refractivity contribution in [1.82, 2.24) is 9.97 Å². The third-order valence-corrected chi connectivity index (χ3v) is 5.05. The number of aromatic nitrogens is 2. The first kappa shape index (κ1) is 21.1. The van der Waals surface area contributed by atoms with Gasteiger partial charge < -0.3 is 5.11 Å². The summed E-state index contributed by atoms with van der Waals surface area (Å²) in [6, 6.07) is 23.0. The Morgan fingerprint density at radius 2 is 1.59 bits per heavy atom. The van der Waals surface area contributed by atoms with Crippen molar-refractivity contribution in [2.24, 2.45) is 5.10 Å². The predicted octanol–water partition coefficient (Wildman–Crippen LogP) is 5.63. The number of rotatable bonds is 6. The zero-order valence-electron chi connectivity index (χ0n) is 16.5. The van der Waals surface area contributed by atoms with Gasteiger partial charge in [0.15, 0.2) is 0 Å². The molecule has 0 bridgehead atoms. The van der Waals surface area contributed by atoms with Crippen LogP contribution in [0.2, 0.25) is 0 Å². The first-order valence-corrected chi connectivity index (χ1v) is 10.3. The molecule has 0 atom stereocenters. The number of hydrogen-bond donors (Lipinski definition) is 2. The third kappa shape index (κ3) is 4.96. The lowest BCUT2D eigenvalue weighted by Crippen LogP contribution is -2.00. The molecule has 4 aromatic rings. The molecule has 0 aliphatic carbocycles. The Balaban J connectivity index is 1.68. The minimum absolute atomic E-state index is 0.129. The van der Waals surface area contributed by atoms with Crippen molar-refractivity contribution < 1.29 is 10.0 Å². The van der Waals surface area contributed by atoms with Crippen LogP contribution in [-0.2, 0) is 0 Å². The first-order chi connectivity index (χ1) is 15.5. The molecule has 0 aliphatic heterocycles. The molecule has 0 spiro atoms. The average Bonchev–Trinajstić information content (AvgIpc) is 2.81. The molecule has 1 aromatic heterocycles. The van der Waals surface area contributed by atoms with Crippen molar-refractivity contribution in [2.45, 2.75) is 0 Å². The highest BCUT2D eigenvalue weighted by molar-refractivity contribution is 9.10. The van der Waals surface area contributed by atoms with E-state index in [1.54, 1.807) is 0 Å². The zero-order chi connectivity index (χ0) is 22.5. The number of halogens is 1. The molecule has 0 saturated carbocycles. The number of phenols is 1. The lowest BCUT2D eigenvalue weighted by atomic mass is 10.1. The second-order valence-corrected chi connectivity index (χ2v) is 7.62. The predicted molar refractivity (Wildman–Crippen MR) is 127 cm³/mol. The van der Waals surface area contributed by atoms with Gasteiger partial charge in [-0.3, -0.25) is 10.1 Å². The summed E-state index contributed by atoms with van der Waals surface area (Å²) in [6.07, 6.45) is 1.28. The Morgan fingerprint density at radius 1 is 0.938 bits per heavy atom. The van der Waals surface area contributed by atoms with Crippen LogP contribution >= 0.6 is 15.9 Å². The van der Waals surface area contributed by atoms with Crippen LogP contribution in [0.15, 0.2) is 88.4 Å². The van der Waals surface area contributed by atoms with Crippen molar-refractivity contribution >= 4 is 33.8 Å². The molecule has 4 rings (SSSR count). The number of hydrazone groups is 1. The second kappa shape index (κ2) is 9.36. The van der Waals surface area contributed by atoms with Crippen LogP contribution in [0, 0.1) is 10.1 Å². The summed E-state index contributed by atoms with van der Waals surface area (Å²) < 4.78 is 0.957. The monoisotopic (exact) mass is 489 g/mol. The van der Waals surface area contributed by atoms with Gasteiger partial charge in [-0.2, -0.15) is 5.10 Å². The molecule has 158 valence electrons. The number of aromatic hydroxyl groups is 1. The molecule has 0 saturated heterocycles. The van der Waals surface area contributed by atoms with Crippen molar-refractivity contribution in [2.75, 3.05) is 5.43 Å². The standard InChI is InChI=1S/C23H16BrN5O3/c24-18-8-6-16(7-9-18)21-13-20(15-4-2-1-3-5-15)26-23(27-21)28-25-14-17-12-19(29(31)32)10-11-22(17)30/h1-14,30H,(H,26,27,28). The van der Waals surface area contributed by atoms with Gasteiger partial charge >= 0.3 is 0 Å². The molecule has 0 aliphatic rings. The smallest absolute Gasteiger partial charge is 0.270 e. The van der Waals surface area contributed by atoms with Crippen LogP contribution in [0.1, 0.15) is 5.56 Å². The zero-order valence-corrected chi connectivity index (χ0v) is 18.1. The fourth-order valence-electron chi connectivity index (χ4n) is 2.94. The Labute approximate surface area is 191 Å². The van der Waals surface area contributed by atoms with E-state index in [0.717, 1.165) is 15.6 Å².